The van der Waals surface area contributed by atoms with Crippen LogP contribution >= 0.6 is 0 Å². The van der Waals surface area contributed by atoms with E-state index in [1.165, 1.54) is 30.6 Å². The third kappa shape index (κ3) is 2.92. The summed E-state index contributed by atoms with van der Waals surface area (Å²) in [6.07, 6.45) is 2.11. The number of alkyl halides is 3. The van der Waals surface area contributed by atoms with Crippen molar-refractivity contribution >= 4 is 5.57 Å². The lowest BCUT2D eigenvalue weighted by molar-refractivity contribution is -0.302. The summed E-state index contributed by atoms with van der Waals surface area (Å²) >= 11 is 0. The Morgan fingerprint density at radius 1 is 1.29 bits per heavy atom. The van der Waals surface area contributed by atoms with E-state index in [2.05, 4.69) is 10.5 Å². The van der Waals surface area contributed by atoms with Crippen LogP contribution in [0.4, 0.5) is 13.2 Å². The molecule has 0 atom stereocenters. The van der Waals surface area contributed by atoms with E-state index < -0.39 is 6.36 Å². The first-order chi connectivity index (χ1) is 8.06. The van der Waals surface area contributed by atoms with E-state index in [9.17, 15) is 13.2 Å². The molecule has 1 aromatic rings. The van der Waals surface area contributed by atoms with Crippen molar-refractivity contribution in [3.05, 3.63) is 60.0 Å². The van der Waals surface area contributed by atoms with Gasteiger partial charge in [-0.3, -0.25) is 0 Å². The van der Waals surface area contributed by atoms with E-state index in [1.54, 1.807) is 12.1 Å². The Hall–Kier alpha value is -2.13. The van der Waals surface area contributed by atoms with Gasteiger partial charge < -0.3 is 9.15 Å². The number of hydrogen-bond acceptors (Lipinski definition) is 2. The van der Waals surface area contributed by atoms with Crippen molar-refractivity contribution in [2.24, 2.45) is 0 Å². The molecule has 0 unspecified atom stereocenters. The minimum atomic E-state index is -4.74. The second-order valence-electron chi connectivity index (χ2n) is 3.14. The quantitative estimate of drug-likeness (QED) is 0.733. The predicted octanol–water partition coefficient (Wildman–Crippen LogP) is 3.81. The molecule has 17 heavy (non-hydrogen) atoms. The Bertz CT molecular complexity index is 512. The fourth-order valence-electron chi connectivity index (χ4n) is 1.32. The van der Waals surface area contributed by atoms with E-state index in [1.807, 2.05) is 0 Å². The van der Waals surface area contributed by atoms with Gasteiger partial charge in [0, 0.05) is 0 Å². The highest BCUT2D eigenvalue weighted by atomic mass is 19.4. The molecule has 88 valence electrons. The molecular weight excluding hydrogens is 233 g/mol. The van der Waals surface area contributed by atoms with Crippen molar-refractivity contribution in [1.29, 1.82) is 0 Å². The second-order valence-corrected chi connectivity index (χ2v) is 3.14. The number of furan rings is 1. The predicted molar refractivity (Wildman–Crippen MR) is 54.6 cm³/mol. The van der Waals surface area contributed by atoms with E-state index in [4.69, 9.17) is 4.42 Å². The van der Waals surface area contributed by atoms with Crippen molar-refractivity contribution in [3.8, 4) is 0 Å². The maximum Gasteiger partial charge on any atom is 0.573 e. The molecule has 0 bridgehead atoms. The standard InChI is InChI=1S/C12H7F3O2/c13-12(14,15)17-11-6-3-1-2-5-9(11)10-7-4-8-16-10/h1,3-8H. The van der Waals surface area contributed by atoms with Crippen LogP contribution in [0.2, 0.25) is 0 Å². The van der Waals surface area contributed by atoms with Crippen LogP contribution in [0, 0.1) is 0 Å². The van der Waals surface area contributed by atoms with E-state index in [-0.39, 0.29) is 17.1 Å². The zero-order valence-electron chi connectivity index (χ0n) is 8.49. The number of ether oxygens (including phenoxy) is 1. The van der Waals surface area contributed by atoms with Crippen molar-refractivity contribution in [2.75, 3.05) is 0 Å². The summed E-state index contributed by atoms with van der Waals surface area (Å²) in [6, 6.07) is 3.13. The molecule has 2 nitrogen and oxygen atoms in total. The third-order valence-corrected chi connectivity index (χ3v) is 1.95. The van der Waals surface area contributed by atoms with Crippen LogP contribution in [0.5, 0.6) is 0 Å². The van der Waals surface area contributed by atoms with Gasteiger partial charge in [-0.1, -0.05) is 6.08 Å². The molecule has 0 N–H and O–H groups in total. The van der Waals surface area contributed by atoms with Gasteiger partial charge in [0.1, 0.15) is 11.5 Å². The highest BCUT2D eigenvalue weighted by Crippen LogP contribution is 2.29. The smallest absolute Gasteiger partial charge is 0.464 e. The fourth-order valence-corrected chi connectivity index (χ4v) is 1.32. The Morgan fingerprint density at radius 3 is 2.76 bits per heavy atom. The summed E-state index contributed by atoms with van der Waals surface area (Å²) in [6.45, 7) is 0. The lowest BCUT2D eigenvalue weighted by Gasteiger charge is -2.11. The fraction of sp³-hybridized carbons (Fsp3) is 0.0833. The zero-order valence-corrected chi connectivity index (χ0v) is 8.49. The summed E-state index contributed by atoms with van der Waals surface area (Å²) in [5, 5.41) is 0. The first-order valence-corrected chi connectivity index (χ1v) is 4.69. The van der Waals surface area contributed by atoms with Crippen molar-refractivity contribution in [2.45, 2.75) is 6.36 Å². The Morgan fingerprint density at radius 2 is 2.12 bits per heavy atom. The SMILES string of the molecule is FC(F)(F)OC1=C(c2ccco2)C=C=CC=C1. The van der Waals surface area contributed by atoms with Crippen molar-refractivity contribution in [1.82, 2.24) is 0 Å². The molecule has 1 aliphatic carbocycles. The summed E-state index contributed by atoms with van der Waals surface area (Å²) in [7, 11) is 0. The molecule has 5 heteroatoms. The minimum Gasteiger partial charge on any atom is -0.464 e. The number of allylic oxidation sites excluding steroid dienone is 4. The molecule has 0 aliphatic heterocycles. The second kappa shape index (κ2) is 4.39. The molecule has 0 radical (unpaired) electrons. The molecule has 0 spiro atoms. The Balaban J connectivity index is 2.45. The first kappa shape index (κ1) is 11.4. The zero-order chi connectivity index (χ0) is 12.3. The van der Waals surface area contributed by atoms with Crippen molar-refractivity contribution in [3.63, 3.8) is 0 Å². The van der Waals surface area contributed by atoms with E-state index >= 15 is 0 Å². The molecule has 0 amide bonds. The van der Waals surface area contributed by atoms with Gasteiger partial charge in [0.2, 0.25) is 0 Å². The van der Waals surface area contributed by atoms with Crippen LogP contribution in [0.1, 0.15) is 5.76 Å². The molecule has 1 aliphatic rings. The minimum absolute atomic E-state index is 0.192. The maximum atomic E-state index is 12.2. The molecule has 1 aromatic heterocycles. The third-order valence-electron chi connectivity index (χ3n) is 1.95. The van der Waals surface area contributed by atoms with Gasteiger partial charge in [-0.2, -0.15) is 0 Å². The molecule has 0 fully saturated rings. The number of halogens is 3. The maximum absolute atomic E-state index is 12.2. The average Bonchev–Trinajstić information content (AvgIpc) is 2.65. The molecule has 0 saturated heterocycles. The van der Waals surface area contributed by atoms with Crippen LogP contribution in [0.25, 0.3) is 5.57 Å². The van der Waals surface area contributed by atoms with Crippen LogP contribution in [-0.4, -0.2) is 6.36 Å². The lowest BCUT2D eigenvalue weighted by atomic mass is 10.1. The normalized spacial score (nSPS) is 15.2. The largest absolute Gasteiger partial charge is 0.573 e. The van der Waals surface area contributed by atoms with Gasteiger partial charge in [-0.25, -0.2) is 0 Å². The molecule has 0 aromatic carbocycles. The van der Waals surface area contributed by atoms with Crippen LogP contribution in [-0.2, 0) is 4.74 Å². The van der Waals surface area contributed by atoms with Gasteiger partial charge in [0.25, 0.3) is 0 Å². The Kier molecular flexibility index (Phi) is 2.93. The van der Waals surface area contributed by atoms with Crippen LogP contribution in [0.3, 0.4) is 0 Å². The molecule has 1 heterocycles. The monoisotopic (exact) mass is 240 g/mol. The summed E-state index contributed by atoms with van der Waals surface area (Å²) in [5.74, 6) is -0.0367. The molecule has 2 rings (SSSR count). The van der Waals surface area contributed by atoms with Gasteiger partial charge in [-0.05, 0) is 30.4 Å². The summed E-state index contributed by atoms with van der Waals surface area (Å²) in [4.78, 5) is 0. The lowest BCUT2D eigenvalue weighted by Crippen LogP contribution is -2.13. The Labute approximate surface area is 95.0 Å². The highest BCUT2D eigenvalue weighted by molar-refractivity contribution is 5.74. The topological polar surface area (TPSA) is 22.4 Å². The summed E-state index contributed by atoms with van der Waals surface area (Å²) < 4.78 is 45.7. The average molecular weight is 240 g/mol. The first-order valence-electron chi connectivity index (χ1n) is 4.69. The summed E-state index contributed by atoms with van der Waals surface area (Å²) in [5.41, 5.74) is 2.89. The van der Waals surface area contributed by atoms with Gasteiger partial charge in [0.05, 0.1) is 11.8 Å². The van der Waals surface area contributed by atoms with Crippen LogP contribution in [0.15, 0.2) is 58.6 Å². The van der Waals surface area contributed by atoms with Crippen molar-refractivity contribution < 1.29 is 22.3 Å². The number of rotatable bonds is 2. The van der Waals surface area contributed by atoms with Gasteiger partial charge in [-0.15, -0.1) is 18.9 Å². The van der Waals surface area contributed by atoms with E-state index in [0.717, 1.165) is 0 Å². The van der Waals surface area contributed by atoms with Crippen LogP contribution < -0.4 is 0 Å². The van der Waals surface area contributed by atoms with Gasteiger partial charge in [0.15, 0.2) is 0 Å². The number of hydrogen-bond donors (Lipinski definition) is 0. The van der Waals surface area contributed by atoms with E-state index in [0.29, 0.717) is 0 Å². The van der Waals surface area contributed by atoms with Gasteiger partial charge >= 0.3 is 6.36 Å². The molecule has 0 saturated carbocycles. The highest BCUT2D eigenvalue weighted by Gasteiger charge is 2.32. The molecular formula is C12H7F3O2.